The third-order valence-corrected chi connectivity index (χ3v) is 5.23. The maximum Gasteiger partial charge on any atom is 0.255 e. The lowest BCUT2D eigenvalue weighted by Crippen LogP contribution is -2.43. The predicted octanol–water partition coefficient (Wildman–Crippen LogP) is 4.85. The maximum atomic E-state index is 13.0. The van der Waals surface area contributed by atoms with Crippen LogP contribution in [0.25, 0.3) is 0 Å². The molecule has 1 amide bonds. The van der Waals surface area contributed by atoms with E-state index >= 15 is 0 Å². The quantitative estimate of drug-likeness (QED) is 0.867. The van der Waals surface area contributed by atoms with Crippen molar-refractivity contribution in [1.29, 1.82) is 0 Å². The highest BCUT2D eigenvalue weighted by Gasteiger charge is 2.26. The van der Waals surface area contributed by atoms with Crippen molar-refractivity contribution in [3.05, 3.63) is 53.3 Å². The number of rotatable bonds is 4. The average molecular weight is 337 g/mol. The van der Waals surface area contributed by atoms with Gasteiger partial charge in [0.2, 0.25) is 0 Å². The van der Waals surface area contributed by atoms with Crippen LogP contribution in [0.2, 0.25) is 0 Å². The normalized spacial score (nSPS) is 17.4. The summed E-state index contributed by atoms with van der Waals surface area (Å²) in [6.07, 6.45) is 7.88. The fourth-order valence-corrected chi connectivity index (χ4v) is 3.53. The summed E-state index contributed by atoms with van der Waals surface area (Å²) in [5.74, 6) is 0.101. The number of hydrogen-bond acceptors (Lipinski definition) is 3. The predicted molar refractivity (Wildman–Crippen MR) is 102 cm³/mol. The molecule has 1 saturated heterocycles. The van der Waals surface area contributed by atoms with Gasteiger partial charge < -0.3 is 10.2 Å². The smallest absolute Gasteiger partial charge is 0.255 e. The Kier molecular flexibility index (Phi) is 5.37. The average Bonchev–Trinajstić information content (AvgIpc) is 2.65. The molecule has 0 aliphatic carbocycles. The summed E-state index contributed by atoms with van der Waals surface area (Å²) in [6, 6.07) is 8.46. The summed E-state index contributed by atoms with van der Waals surface area (Å²) < 4.78 is 0. The fourth-order valence-electron chi connectivity index (χ4n) is 3.53. The van der Waals surface area contributed by atoms with E-state index in [-0.39, 0.29) is 5.91 Å². The molecule has 1 fully saturated rings. The van der Waals surface area contributed by atoms with Crippen molar-refractivity contribution < 1.29 is 4.79 Å². The number of benzene rings is 1. The lowest BCUT2D eigenvalue weighted by molar-refractivity contribution is 0.0607. The highest BCUT2D eigenvalue weighted by Crippen LogP contribution is 2.25. The number of hydrogen-bond donors (Lipinski definition) is 1. The number of anilines is 2. The highest BCUT2D eigenvalue weighted by atomic mass is 16.2. The zero-order chi connectivity index (χ0) is 17.8. The topological polar surface area (TPSA) is 45.2 Å². The van der Waals surface area contributed by atoms with Crippen molar-refractivity contribution in [2.75, 3.05) is 11.9 Å². The molecule has 0 saturated carbocycles. The number of likely N-dealkylation sites (tertiary alicyclic amines) is 1. The van der Waals surface area contributed by atoms with Crippen molar-refractivity contribution in [3.8, 4) is 0 Å². The van der Waals surface area contributed by atoms with Gasteiger partial charge in [-0.1, -0.05) is 19.1 Å². The Bertz CT molecular complexity index is 757. The van der Waals surface area contributed by atoms with E-state index in [2.05, 4.69) is 43.2 Å². The summed E-state index contributed by atoms with van der Waals surface area (Å²) in [4.78, 5) is 19.3. The number of piperidine rings is 1. The van der Waals surface area contributed by atoms with Gasteiger partial charge in [-0.05, 0) is 62.8 Å². The van der Waals surface area contributed by atoms with E-state index in [9.17, 15) is 4.79 Å². The zero-order valence-corrected chi connectivity index (χ0v) is 15.4. The van der Waals surface area contributed by atoms with Crippen molar-refractivity contribution in [1.82, 2.24) is 9.88 Å². The Morgan fingerprint density at radius 1 is 1.28 bits per heavy atom. The Balaban J connectivity index is 1.81. The first-order valence-corrected chi connectivity index (χ1v) is 9.19. The molecule has 1 aromatic heterocycles. The highest BCUT2D eigenvalue weighted by molar-refractivity contribution is 5.95. The minimum atomic E-state index is 0.101. The van der Waals surface area contributed by atoms with E-state index in [1.54, 1.807) is 12.4 Å². The van der Waals surface area contributed by atoms with E-state index in [4.69, 9.17) is 0 Å². The van der Waals surface area contributed by atoms with Gasteiger partial charge >= 0.3 is 0 Å². The number of nitrogens with one attached hydrogen (secondary N) is 1. The Labute approximate surface area is 150 Å². The molecule has 4 nitrogen and oxygen atoms in total. The molecule has 2 heterocycles. The first-order valence-electron chi connectivity index (χ1n) is 9.19. The van der Waals surface area contributed by atoms with Crippen LogP contribution in [0, 0.1) is 13.8 Å². The Morgan fingerprint density at radius 2 is 2.12 bits per heavy atom. The fraction of sp³-hybridized carbons (Fsp3) is 0.429. The van der Waals surface area contributed by atoms with Gasteiger partial charge in [-0.15, -0.1) is 0 Å². The number of aromatic nitrogens is 1. The summed E-state index contributed by atoms with van der Waals surface area (Å²) in [6.45, 7) is 7.21. The van der Waals surface area contributed by atoms with Gasteiger partial charge in [-0.25, -0.2) is 0 Å². The summed E-state index contributed by atoms with van der Waals surface area (Å²) in [5, 5.41) is 3.40. The first-order chi connectivity index (χ1) is 12.1. The van der Waals surface area contributed by atoms with Crippen LogP contribution in [-0.4, -0.2) is 28.4 Å². The Hall–Kier alpha value is -2.36. The molecule has 1 aromatic carbocycles. The summed E-state index contributed by atoms with van der Waals surface area (Å²) in [7, 11) is 0. The van der Waals surface area contributed by atoms with Crippen molar-refractivity contribution in [2.24, 2.45) is 0 Å². The number of nitrogens with zero attached hydrogens (tertiary/aromatic N) is 2. The standard InChI is InChI=1S/C21H27N3O/c1-4-19-9-5-6-11-24(19)21(25)17-12-18(14-22-13-17)23-20-10-7-8-15(2)16(20)3/h7-8,10,12-14,19,23H,4-6,9,11H2,1-3H3. The van der Waals surface area contributed by atoms with Gasteiger partial charge in [0.15, 0.2) is 0 Å². The van der Waals surface area contributed by atoms with Gasteiger partial charge in [0, 0.05) is 24.5 Å². The number of amides is 1. The van der Waals surface area contributed by atoms with E-state index in [1.807, 2.05) is 17.0 Å². The number of carbonyl (C=O) groups is 1. The molecule has 1 aliphatic heterocycles. The maximum absolute atomic E-state index is 13.0. The van der Waals surface area contributed by atoms with Crippen LogP contribution in [0.3, 0.4) is 0 Å². The van der Waals surface area contributed by atoms with Crippen molar-refractivity contribution in [2.45, 2.75) is 52.5 Å². The molecule has 1 aliphatic rings. The largest absolute Gasteiger partial charge is 0.354 e. The zero-order valence-electron chi connectivity index (χ0n) is 15.4. The minimum absolute atomic E-state index is 0.101. The van der Waals surface area contributed by atoms with Crippen LogP contribution >= 0.6 is 0 Å². The Morgan fingerprint density at radius 3 is 2.92 bits per heavy atom. The molecule has 0 radical (unpaired) electrons. The number of aryl methyl sites for hydroxylation is 1. The minimum Gasteiger partial charge on any atom is -0.354 e. The molecule has 2 aromatic rings. The van der Waals surface area contributed by atoms with Crippen LogP contribution in [-0.2, 0) is 0 Å². The SMILES string of the molecule is CCC1CCCCN1C(=O)c1cncc(Nc2cccc(C)c2C)c1. The van der Waals surface area contributed by atoms with Gasteiger partial charge in [0.05, 0.1) is 17.4 Å². The summed E-state index contributed by atoms with van der Waals surface area (Å²) in [5.41, 5.74) is 5.02. The summed E-state index contributed by atoms with van der Waals surface area (Å²) >= 11 is 0. The molecular formula is C21H27N3O. The molecule has 4 heteroatoms. The number of pyridine rings is 1. The van der Waals surface area contributed by atoms with Gasteiger partial charge in [-0.2, -0.15) is 0 Å². The molecule has 0 bridgehead atoms. The lowest BCUT2D eigenvalue weighted by Gasteiger charge is -2.35. The molecule has 3 rings (SSSR count). The first kappa shape index (κ1) is 17.5. The van der Waals surface area contributed by atoms with Crippen molar-refractivity contribution >= 4 is 17.3 Å². The third kappa shape index (κ3) is 3.84. The molecule has 0 spiro atoms. The molecule has 1 N–H and O–H groups in total. The molecular weight excluding hydrogens is 310 g/mol. The van der Waals surface area contributed by atoms with Crippen LogP contribution in [0.4, 0.5) is 11.4 Å². The third-order valence-electron chi connectivity index (χ3n) is 5.23. The van der Waals surface area contributed by atoms with Crippen LogP contribution in [0.15, 0.2) is 36.7 Å². The second-order valence-corrected chi connectivity index (χ2v) is 6.89. The monoisotopic (exact) mass is 337 g/mol. The van der Waals surface area contributed by atoms with Gasteiger partial charge in [0.1, 0.15) is 0 Å². The second kappa shape index (κ2) is 7.68. The second-order valence-electron chi connectivity index (χ2n) is 6.89. The van der Waals surface area contributed by atoms with Gasteiger partial charge in [-0.3, -0.25) is 9.78 Å². The van der Waals surface area contributed by atoms with E-state index in [0.29, 0.717) is 11.6 Å². The molecule has 1 unspecified atom stereocenters. The van der Waals surface area contributed by atoms with Gasteiger partial charge in [0.25, 0.3) is 5.91 Å². The van der Waals surface area contributed by atoms with Crippen LogP contribution in [0.5, 0.6) is 0 Å². The molecule has 25 heavy (non-hydrogen) atoms. The molecule has 1 atom stereocenters. The van der Waals surface area contributed by atoms with Crippen LogP contribution in [0.1, 0.15) is 54.1 Å². The lowest BCUT2D eigenvalue weighted by atomic mass is 9.99. The van der Waals surface area contributed by atoms with E-state index in [0.717, 1.165) is 37.2 Å². The van der Waals surface area contributed by atoms with E-state index in [1.165, 1.54) is 17.5 Å². The van der Waals surface area contributed by atoms with Crippen LogP contribution < -0.4 is 5.32 Å². The number of carbonyl (C=O) groups excluding carboxylic acids is 1. The van der Waals surface area contributed by atoms with Crippen molar-refractivity contribution in [3.63, 3.8) is 0 Å². The molecule has 132 valence electrons. The van der Waals surface area contributed by atoms with E-state index < -0.39 is 0 Å².